The smallest absolute Gasteiger partial charge is 0.191 e. The largest absolute Gasteiger partial charge is 0.493 e. The highest BCUT2D eigenvalue weighted by atomic mass is 127. The van der Waals surface area contributed by atoms with Crippen LogP contribution in [0.15, 0.2) is 29.3 Å². The van der Waals surface area contributed by atoms with Crippen molar-refractivity contribution in [3.05, 3.63) is 64.2 Å². The number of aryl methyl sites for hydroxylation is 1. The van der Waals surface area contributed by atoms with E-state index in [-0.39, 0.29) is 36.0 Å². The second-order valence-electron chi connectivity index (χ2n) is 6.53. The summed E-state index contributed by atoms with van der Waals surface area (Å²) < 4.78 is 65.1. The van der Waals surface area contributed by atoms with Crippen LogP contribution in [0.25, 0.3) is 0 Å². The standard InChI is InChI=1S/C21H25F4N3O2.HI/c1-13-5-6-14(18(9-13)30-8-4-7-29-3)11-27-21(26-2)28-12-15-19(24)16(22)10-17(23)20(15)25;/h5-6,9-10H,4,7-8,11-12H2,1-3H3,(H2,26,27,28);1H. The molecule has 0 saturated heterocycles. The van der Waals surface area contributed by atoms with Crippen molar-refractivity contribution in [1.29, 1.82) is 0 Å². The van der Waals surface area contributed by atoms with Gasteiger partial charge in [-0.25, -0.2) is 17.6 Å². The van der Waals surface area contributed by atoms with Gasteiger partial charge in [-0.1, -0.05) is 12.1 Å². The minimum Gasteiger partial charge on any atom is -0.493 e. The van der Waals surface area contributed by atoms with E-state index in [1.54, 1.807) is 7.11 Å². The van der Waals surface area contributed by atoms with Gasteiger partial charge in [0.05, 0.1) is 6.61 Å². The molecule has 31 heavy (non-hydrogen) atoms. The van der Waals surface area contributed by atoms with Gasteiger partial charge in [0.2, 0.25) is 0 Å². The molecule has 172 valence electrons. The average molecular weight is 555 g/mol. The van der Waals surface area contributed by atoms with E-state index in [2.05, 4.69) is 15.6 Å². The van der Waals surface area contributed by atoms with Gasteiger partial charge >= 0.3 is 0 Å². The number of hydrogen-bond donors (Lipinski definition) is 2. The van der Waals surface area contributed by atoms with E-state index in [0.29, 0.717) is 25.5 Å². The SMILES string of the molecule is CN=C(NCc1ccc(C)cc1OCCCOC)NCc1c(F)c(F)cc(F)c1F.I. The summed E-state index contributed by atoms with van der Waals surface area (Å²) in [7, 11) is 3.09. The van der Waals surface area contributed by atoms with Crippen molar-refractivity contribution in [3.8, 4) is 5.75 Å². The zero-order valence-corrected chi connectivity index (χ0v) is 19.9. The first-order valence-corrected chi connectivity index (χ1v) is 9.35. The van der Waals surface area contributed by atoms with Gasteiger partial charge < -0.3 is 20.1 Å². The Balaban J connectivity index is 0.00000480. The van der Waals surface area contributed by atoms with Crippen LogP contribution in [0.3, 0.4) is 0 Å². The van der Waals surface area contributed by atoms with Crippen LogP contribution in [-0.4, -0.2) is 33.3 Å². The zero-order chi connectivity index (χ0) is 22.1. The molecule has 0 unspecified atom stereocenters. The number of aliphatic imine (C=N–C) groups is 1. The van der Waals surface area contributed by atoms with Crippen molar-refractivity contribution in [3.63, 3.8) is 0 Å². The third kappa shape index (κ3) is 7.84. The van der Waals surface area contributed by atoms with Crippen LogP contribution in [0.1, 0.15) is 23.1 Å². The van der Waals surface area contributed by atoms with Gasteiger partial charge in [-0.3, -0.25) is 4.99 Å². The van der Waals surface area contributed by atoms with Crippen molar-refractivity contribution < 1.29 is 27.0 Å². The van der Waals surface area contributed by atoms with Gasteiger partial charge in [0.15, 0.2) is 29.2 Å². The second-order valence-corrected chi connectivity index (χ2v) is 6.53. The highest BCUT2D eigenvalue weighted by Crippen LogP contribution is 2.21. The summed E-state index contributed by atoms with van der Waals surface area (Å²) in [6.45, 7) is 2.84. The second kappa shape index (κ2) is 13.4. The van der Waals surface area contributed by atoms with Crippen molar-refractivity contribution in [2.24, 2.45) is 4.99 Å². The van der Waals surface area contributed by atoms with Gasteiger partial charge in [0.25, 0.3) is 0 Å². The quantitative estimate of drug-likeness (QED) is 0.120. The molecule has 0 aliphatic rings. The summed E-state index contributed by atoms with van der Waals surface area (Å²) >= 11 is 0. The molecule has 2 aromatic rings. The number of rotatable bonds is 9. The Morgan fingerprint density at radius 1 is 0.968 bits per heavy atom. The predicted molar refractivity (Wildman–Crippen MR) is 122 cm³/mol. The van der Waals surface area contributed by atoms with Crippen LogP contribution in [0.2, 0.25) is 0 Å². The average Bonchev–Trinajstić information content (AvgIpc) is 2.73. The summed E-state index contributed by atoms with van der Waals surface area (Å²) in [5.74, 6) is -4.90. The van der Waals surface area contributed by atoms with E-state index in [0.717, 1.165) is 17.5 Å². The van der Waals surface area contributed by atoms with Crippen molar-refractivity contribution >= 4 is 29.9 Å². The van der Waals surface area contributed by atoms with Crippen molar-refractivity contribution in [2.45, 2.75) is 26.4 Å². The lowest BCUT2D eigenvalue weighted by molar-refractivity contribution is 0.171. The number of guanidine groups is 1. The lowest BCUT2D eigenvalue weighted by Crippen LogP contribution is -2.37. The summed E-state index contributed by atoms with van der Waals surface area (Å²) in [6, 6.07) is 5.89. The Hall–Kier alpha value is -2.08. The molecule has 0 heterocycles. The molecular formula is C21H26F4IN3O2. The fourth-order valence-electron chi connectivity index (χ4n) is 2.68. The van der Waals surface area contributed by atoms with Gasteiger partial charge in [-0.15, -0.1) is 24.0 Å². The van der Waals surface area contributed by atoms with E-state index >= 15 is 0 Å². The topological polar surface area (TPSA) is 54.9 Å². The lowest BCUT2D eigenvalue weighted by atomic mass is 10.1. The van der Waals surface area contributed by atoms with Gasteiger partial charge in [0, 0.05) is 57.5 Å². The molecule has 2 rings (SSSR count). The zero-order valence-electron chi connectivity index (χ0n) is 17.5. The normalized spacial score (nSPS) is 11.1. The molecule has 0 saturated carbocycles. The molecule has 0 bridgehead atoms. The summed E-state index contributed by atoms with van der Waals surface area (Å²) in [5.41, 5.74) is 1.13. The molecule has 0 radical (unpaired) electrons. The van der Waals surface area contributed by atoms with Crippen molar-refractivity contribution in [1.82, 2.24) is 10.6 Å². The summed E-state index contributed by atoms with van der Waals surface area (Å²) in [5, 5.41) is 5.64. The van der Waals surface area contributed by atoms with Crippen LogP contribution >= 0.6 is 24.0 Å². The first kappa shape index (κ1) is 27.0. The fraction of sp³-hybridized carbons (Fsp3) is 0.381. The highest BCUT2D eigenvalue weighted by Gasteiger charge is 2.19. The summed E-state index contributed by atoms with van der Waals surface area (Å²) in [4.78, 5) is 3.96. The molecule has 5 nitrogen and oxygen atoms in total. The number of hydrogen-bond acceptors (Lipinski definition) is 3. The number of methoxy groups -OCH3 is 1. The minimum absolute atomic E-state index is 0. The molecule has 2 aromatic carbocycles. The molecule has 0 amide bonds. The number of halogens is 5. The maximum absolute atomic E-state index is 13.8. The van der Waals surface area contributed by atoms with Crippen LogP contribution in [0.5, 0.6) is 5.75 Å². The van der Waals surface area contributed by atoms with Crippen LogP contribution in [0, 0.1) is 30.2 Å². The maximum atomic E-state index is 13.8. The lowest BCUT2D eigenvalue weighted by Gasteiger charge is -2.16. The van der Waals surface area contributed by atoms with E-state index in [4.69, 9.17) is 9.47 Å². The van der Waals surface area contributed by atoms with E-state index < -0.39 is 35.4 Å². The predicted octanol–water partition coefficient (Wildman–Crippen LogP) is 4.45. The first-order valence-electron chi connectivity index (χ1n) is 9.35. The van der Waals surface area contributed by atoms with Crippen molar-refractivity contribution in [2.75, 3.05) is 27.4 Å². The molecule has 0 aliphatic carbocycles. The third-order valence-electron chi connectivity index (χ3n) is 4.28. The van der Waals surface area contributed by atoms with Crippen LogP contribution in [0.4, 0.5) is 17.6 Å². The molecule has 0 fully saturated rings. The molecular weight excluding hydrogens is 529 g/mol. The Kier molecular flexibility index (Phi) is 11.6. The first-order chi connectivity index (χ1) is 14.4. The highest BCUT2D eigenvalue weighted by molar-refractivity contribution is 14.0. The molecule has 0 atom stereocenters. The fourth-order valence-corrected chi connectivity index (χ4v) is 2.68. The number of nitrogens with zero attached hydrogens (tertiary/aromatic N) is 1. The Bertz CT molecular complexity index is 871. The Morgan fingerprint density at radius 3 is 2.23 bits per heavy atom. The Labute approximate surface area is 196 Å². The number of benzene rings is 2. The molecule has 0 spiro atoms. The van der Waals surface area contributed by atoms with E-state index in [1.807, 2.05) is 25.1 Å². The van der Waals surface area contributed by atoms with E-state index in [9.17, 15) is 17.6 Å². The van der Waals surface area contributed by atoms with Crippen LogP contribution < -0.4 is 15.4 Å². The van der Waals surface area contributed by atoms with Crippen LogP contribution in [-0.2, 0) is 17.8 Å². The van der Waals surface area contributed by atoms with E-state index in [1.165, 1.54) is 7.05 Å². The third-order valence-corrected chi connectivity index (χ3v) is 4.28. The summed E-state index contributed by atoms with van der Waals surface area (Å²) in [6.07, 6.45) is 0.738. The van der Waals surface area contributed by atoms with Gasteiger partial charge in [-0.05, 0) is 18.6 Å². The number of ether oxygens (including phenoxy) is 2. The molecule has 2 N–H and O–H groups in total. The Morgan fingerprint density at radius 2 is 1.61 bits per heavy atom. The minimum atomic E-state index is -1.46. The number of nitrogens with one attached hydrogen (secondary N) is 2. The molecule has 0 aliphatic heterocycles. The molecule has 0 aromatic heterocycles. The van der Waals surface area contributed by atoms with Gasteiger partial charge in [0.1, 0.15) is 5.75 Å². The van der Waals surface area contributed by atoms with Gasteiger partial charge in [-0.2, -0.15) is 0 Å². The maximum Gasteiger partial charge on any atom is 0.191 e. The molecule has 10 heteroatoms. The monoisotopic (exact) mass is 555 g/mol.